The van der Waals surface area contributed by atoms with Crippen LogP contribution in [0, 0.1) is 13.8 Å². The monoisotopic (exact) mass is 287 g/mol. The number of rotatable bonds is 6. The molecule has 0 saturated carbocycles. The number of aromatic hydroxyl groups is 1. The Labute approximate surface area is 124 Å². The maximum absolute atomic E-state index is 11.8. The van der Waals surface area contributed by atoms with Crippen molar-refractivity contribution in [2.45, 2.75) is 33.2 Å². The van der Waals surface area contributed by atoms with Crippen LogP contribution in [0.15, 0.2) is 30.3 Å². The smallest absolute Gasteiger partial charge is 0.224 e. The third-order valence-electron chi connectivity index (χ3n) is 3.27. The minimum absolute atomic E-state index is 0.00550. The Morgan fingerprint density at radius 2 is 2.00 bits per heavy atom. The van der Waals surface area contributed by atoms with Crippen molar-refractivity contribution in [3.63, 3.8) is 0 Å². The van der Waals surface area contributed by atoms with Gasteiger partial charge in [0.25, 0.3) is 0 Å². The summed E-state index contributed by atoms with van der Waals surface area (Å²) in [6.45, 7) is 5.45. The molecule has 1 aromatic carbocycles. The summed E-state index contributed by atoms with van der Waals surface area (Å²) >= 11 is 0. The summed E-state index contributed by atoms with van der Waals surface area (Å²) in [4.78, 5) is 11.8. The Hall–Kier alpha value is -2.30. The molecule has 0 radical (unpaired) electrons. The van der Waals surface area contributed by atoms with Gasteiger partial charge in [-0.15, -0.1) is 0 Å². The maximum atomic E-state index is 11.8. The van der Waals surface area contributed by atoms with E-state index in [-0.39, 0.29) is 11.7 Å². The van der Waals surface area contributed by atoms with Gasteiger partial charge in [0.05, 0.1) is 12.1 Å². The lowest BCUT2D eigenvalue weighted by Crippen LogP contribution is -2.27. The molecule has 21 heavy (non-hydrogen) atoms. The van der Waals surface area contributed by atoms with Crippen LogP contribution in [0.3, 0.4) is 0 Å². The van der Waals surface area contributed by atoms with Crippen molar-refractivity contribution < 1.29 is 9.90 Å². The fourth-order valence-corrected chi connectivity index (χ4v) is 2.22. The van der Waals surface area contributed by atoms with Crippen LogP contribution < -0.4 is 5.32 Å². The number of amides is 1. The topological polar surface area (TPSA) is 67.2 Å². The molecule has 2 N–H and O–H groups in total. The van der Waals surface area contributed by atoms with Crippen LogP contribution in [0.25, 0.3) is 0 Å². The number of aromatic nitrogens is 2. The Morgan fingerprint density at radius 1 is 1.29 bits per heavy atom. The molecular weight excluding hydrogens is 266 g/mol. The van der Waals surface area contributed by atoms with Crippen LogP contribution in [0.4, 0.5) is 0 Å². The van der Waals surface area contributed by atoms with Gasteiger partial charge in [0, 0.05) is 18.8 Å². The molecular formula is C16H21N3O2. The third kappa shape index (κ3) is 4.63. The van der Waals surface area contributed by atoms with Gasteiger partial charge in [-0.25, -0.2) is 0 Å². The molecule has 0 aliphatic rings. The SMILES string of the molecule is Cc1cc(C)n(CCCNC(=O)Cc2ccc(O)cc2)n1. The van der Waals surface area contributed by atoms with E-state index in [9.17, 15) is 9.90 Å². The summed E-state index contributed by atoms with van der Waals surface area (Å²) in [5, 5.41) is 16.5. The lowest BCUT2D eigenvalue weighted by atomic mass is 10.1. The van der Waals surface area contributed by atoms with Gasteiger partial charge < -0.3 is 10.4 Å². The molecule has 1 aromatic heterocycles. The predicted molar refractivity (Wildman–Crippen MR) is 81.1 cm³/mol. The maximum Gasteiger partial charge on any atom is 0.224 e. The highest BCUT2D eigenvalue weighted by atomic mass is 16.3. The first-order chi connectivity index (χ1) is 10.0. The molecule has 0 fully saturated rings. The zero-order valence-electron chi connectivity index (χ0n) is 12.5. The predicted octanol–water partition coefficient (Wildman–Crippen LogP) is 1.95. The molecule has 0 unspecified atom stereocenters. The molecule has 0 aliphatic heterocycles. The van der Waals surface area contributed by atoms with Crippen molar-refractivity contribution in [3.05, 3.63) is 47.3 Å². The van der Waals surface area contributed by atoms with Crippen LogP contribution in [0.5, 0.6) is 5.75 Å². The number of carbonyl (C=O) groups excluding carboxylic acids is 1. The highest BCUT2D eigenvalue weighted by Crippen LogP contribution is 2.09. The number of hydrogen-bond donors (Lipinski definition) is 2. The summed E-state index contributed by atoms with van der Waals surface area (Å²) in [5.74, 6) is 0.207. The van der Waals surface area contributed by atoms with E-state index in [2.05, 4.69) is 10.4 Å². The summed E-state index contributed by atoms with van der Waals surface area (Å²) in [5.41, 5.74) is 3.05. The highest BCUT2D eigenvalue weighted by molar-refractivity contribution is 5.78. The van der Waals surface area contributed by atoms with E-state index in [0.717, 1.165) is 29.9 Å². The molecule has 0 atom stereocenters. The van der Waals surface area contributed by atoms with E-state index in [1.807, 2.05) is 24.6 Å². The number of benzene rings is 1. The van der Waals surface area contributed by atoms with E-state index in [4.69, 9.17) is 0 Å². The molecule has 0 saturated heterocycles. The summed E-state index contributed by atoms with van der Waals surface area (Å²) < 4.78 is 1.96. The van der Waals surface area contributed by atoms with Gasteiger partial charge in [-0.1, -0.05) is 12.1 Å². The lowest BCUT2D eigenvalue weighted by Gasteiger charge is -2.07. The zero-order chi connectivity index (χ0) is 15.2. The van der Waals surface area contributed by atoms with Crippen molar-refractivity contribution in [2.75, 3.05) is 6.54 Å². The van der Waals surface area contributed by atoms with Crippen molar-refractivity contribution in [3.8, 4) is 5.75 Å². The van der Waals surface area contributed by atoms with Crippen molar-refractivity contribution in [2.24, 2.45) is 0 Å². The highest BCUT2D eigenvalue weighted by Gasteiger charge is 2.04. The van der Waals surface area contributed by atoms with Crippen molar-refractivity contribution in [1.29, 1.82) is 0 Å². The Bertz CT molecular complexity index is 602. The second kappa shape index (κ2) is 6.92. The number of hydrogen-bond acceptors (Lipinski definition) is 3. The number of nitrogens with zero attached hydrogens (tertiary/aromatic N) is 2. The largest absolute Gasteiger partial charge is 0.508 e. The summed E-state index contributed by atoms with van der Waals surface area (Å²) in [7, 11) is 0. The summed E-state index contributed by atoms with van der Waals surface area (Å²) in [6, 6.07) is 8.73. The van der Waals surface area contributed by atoms with Gasteiger partial charge in [0.2, 0.25) is 5.91 Å². The van der Waals surface area contributed by atoms with Crippen molar-refractivity contribution >= 4 is 5.91 Å². The molecule has 112 valence electrons. The third-order valence-corrected chi connectivity index (χ3v) is 3.27. The zero-order valence-corrected chi connectivity index (χ0v) is 12.5. The van der Waals surface area contributed by atoms with Crippen LogP contribution in [-0.4, -0.2) is 27.3 Å². The molecule has 1 heterocycles. The number of carbonyl (C=O) groups is 1. The van der Waals surface area contributed by atoms with E-state index in [1.165, 1.54) is 0 Å². The number of aryl methyl sites for hydroxylation is 3. The first kappa shape index (κ1) is 15.1. The molecule has 5 heteroatoms. The number of phenolic OH excluding ortho intramolecular Hbond substituents is 1. The molecule has 0 bridgehead atoms. The quantitative estimate of drug-likeness (QED) is 0.798. The first-order valence-electron chi connectivity index (χ1n) is 7.10. The van der Waals surface area contributed by atoms with Crippen LogP contribution in [0.1, 0.15) is 23.4 Å². The van der Waals surface area contributed by atoms with Crippen LogP contribution in [0.2, 0.25) is 0 Å². The normalized spacial score (nSPS) is 10.6. The molecule has 0 aliphatic carbocycles. The Morgan fingerprint density at radius 3 is 2.62 bits per heavy atom. The number of nitrogens with one attached hydrogen (secondary N) is 1. The number of phenols is 1. The fourth-order valence-electron chi connectivity index (χ4n) is 2.22. The fraction of sp³-hybridized carbons (Fsp3) is 0.375. The van der Waals surface area contributed by atoms with Crippen LogP contribution in [-0.2, 0) is 17.8 Å². The Kier molecular flexibility index (Phi) is 4.98. The molecule has 2 rings (SSSR count). The van der Waals surface area contributed by atoms with E-state index >= 15 is 0 Å². The average molecular weight is 287 g/mol. The second-order valence-corrected chi connectivity index (χ2v) is 5.20. The standard InChI is InChI=1S/C16H21N3O2/c1-12-10-13(2)19(18-12)9-3-8-17-16(21)11-14-4-6-15(20)7-5-14/h4-7,10,20H,3,8-9,11H2,1-2H3,(H,17,21). The lowest BCUT2D eigenvalue weighted by molar-refractivity contribution is -0.120. The minimum atomic E-state index is -0.00550. The summed E-state index contributed by atoms with van der Waals surface area (Å²) in [6.07, 6.45) is 1.18. The molecule has 0 spiro atoms. The van der Waals surface area contributed by atoms with Gasteiger partial charge >= 0.3 is 0 Å². The molecule has 5 nitrogen and oxygen atoms in total. The Balaban J connectivity index is 1.70. The van der Waals surface area contributed by atoms with E-state index < -0.39 is 0 Å². The van der Waals surface area contributed by atoms with Gasteiger partial charge in [-0.2, -0.15) is 5.10 Å². The van der Waals surface area contributed by atoms with Crippen molar-refractivity contribution in [1.82, 2.24) is 15.1 Å². The van der Waals surface area contributed by atoms with E-state index in [0.29, 0.717) is 13.0 Å². The van der Waals surface area contributed by atoms with Gasteiger partial charge in [0.15, 0.2) is 0 Å². The van der Waals surface area contributed by atoms with Crippen LogP contribution >= 0.6 is 0 Å². The average Bonchev–Trinajstić information content (AvgIpc) is 2.76. The molecule has 1 amide bonds. The first-order valence-corrected chi connectivity index (χ1v) is 7.10. The van der Waals surface area contributed by atoms with Gasteiger partial charge in [-0.05, 0) is 44.0 Å². The van der Waals surface area contributed by atoms with Gasteiger partial charge in [0.1, 0.15) is 5.75 Å². The van der Waals surface area contributed by atoms with Gasteiger partial charge in [-0.3, -0.25) is 9.48 Å². The second-order valence-electron chi connectivity index (χ2n) is 5.20. The minimum Gasteiger partial charge on any atom is -0.508 e. The van der Waals surface area contributed by atoms with E-state index in [1.54, 1.807) is 24.3 Å². The molecule has 2 aromatic rings.